The minimum atomic E-state index is -0.607. The molecule has 0 fully saturated rings. The van der Waals surface area contributed by atoms with Gasteiger partial charge in [-0.15, -0.1) is 11.3 Å². The minimum Gasteiger partial charge on any atom is -0.348 e. The predicted molar refractivity (Wildman–Crippen MR) is 66.4 cm³/mol. The summed E-state index contributed by atoms with van der Waals surface area (Å²) in [4.78, 5) is 12.7. The third-order valence-electron chi connectivity index (χ3n) is 2.51. The normalized spacial score (nSPS) is 14.2. The zero-order chi connectivity index (χ0) is 12.3. The van der Waals surface area contributed by atoms with Crippen molar-refractivity contribution in [3.05, 3.63) is 40.3 Å². The molecule has 2 unspecified atom stereocenters. The summed E-state index contributed by atoms with van der Waals surface area (Å²) in [6.45, 7) is 1.89. The fraction of sp³-hybridized carbons (Fsp3) is 0.273. The molecular formula is C11H14N4OS. The van der Waals surface area contributed by atoms with E-state index in [4.69, 9.17) is 5.73 Å². The van der Waals surface area contributed by atoms with Crippen molar-refractivity contribution >= 4 is 17.2 Å². The van der Waals surface area contributed by atoms with Crippen molar-refractivity contribution in [2.45, 2.75) is 19.0 Å². The van der Waals surface area contributed by atoms with Gasteiger partial charge in [0.05, 0.1) is 12.2 Å². The Morgan fingerprint density at radius 1 is 1.65 bits per heavy atom. The van der Waals surface area contributed by atoms with E-state index >= 15 is 0 Å². The van der Waals surface area contributed by atoms with Gasteiger partial charge >= 0.3 is 0 Å². The van der Waals surface area contributed by atoms with Crippen LogP contribution in [0.4, 0.5) is 0 Å². The van der Waals surface area contributed by atoms with E-state index in [2.05, 4.69) is 15.5 Å². The van der Waals surface area contributed by atoms with E-state index in [0.717, 1.165) is 10.4 Å². The predicted octanol–water partition coefficient (Wildman–Crippen LogP) is 1.35. The van der Waals surface area contributed by atoms with Crippen LogP contribution < -0.4 is 11.1 Å². The summed E-state index contributed by atoms with van der Waals surface area (Å²) in [7, 11) is 0. The molecule has 0 saturated carbocycles. The van der Waals surface area contributed by atoms with Crippen molar-refractivity contribution in [3.63, 3.8) is 0 Å². The van der Waals surface area contributed by atoms with Gasteiger partial charge in [-0.25, -0.2) is 0 Å². The molecule has 5 nitrogen and oxygen atoms in total. The largest absolute Gasteiger partial charge is 0.348 e. The van der Waals surface area contributed by atoms with Gasteiger partial charge in [0.15, 0.2) is 0 Å². The summed E-state index contributed by atoms with van der Waals surface area (Å²) in [5.41, 5.74) is 6.79. The van der Waals surface area contributed by atoms with Crippen LogP contribution in [0, 0.1) is 0 Å². The lowest BCUT2D eigenvalue weighted by molar-refractivity contribution is -0.123. The van der Waals surface area contributed by atoms with Gasteiger partial charge in [-0.1, -0.05) is 6.07 Å². The molecule has 2 aromatic heterocycles. The van der Waals surface area contributed by atoms with Gasteiger partial charge in [0.2, 0.25) is 5.91 Å². The second-order valence-corrected chi connectivity index (χ2v) is 4.73. The van der Waals surface area contributed by atoms with E-state index in [1.807, 2.05) is 24.4 Å². The van der Waals surface area contributed by atoms with Crippen LogP contribution in [0.25, 0.3) is 0 Å². The molecule has 2 atom stereocenters. The van der Waals surface area contributed by atoms with Gasteiger partial charge in [0, 0.05) is 16.6 Å². The molecule has 2 aromatic rings. The molecule has 0 radical (unpaired) electrons. The molecule has 6 heteroatoms. The second-order valence-electron chi connectivity index (χ2n) is 3.76. The minimum absolute atomic E-state index is 0.104. The highest BCUT2D eigenvalue weighted by Gasteiger charge is 2.19. The Morgan fingerprint density at radius 2 is 2.47 bits per heavy atom. The Hall–Kier alpha value is -1.66. The van der Waals surface area contributed by atoms with E-state index in [0.29, 0.717) is 0 Å². The third-order valence-corrected chi connectivity index (χ3v) is 3.47. The highest BCUT2D eigenvalue weighted by atomic mass is 32.1. The van der Waals surface area contributed by atoms with Gasteiger partial charge in [0.1, 0.15) is 6.04 Å². The quantitative estimate of drug-likeness (QED) is 0.765. The van der Waals surface area contributed by atoms with E-state index < -0.39 is 6.04 Å². The van der Waals surface area contributed by atoms with Gasteiger partial charge in [-0.2, -0.15) is 5.10 Å². The lowest BCUT2D eigenvalue weighted by Crippen LogP contribution is -2.35. The van der Waals surface area contributed by atoms with Crippen molar-refractivity contribution in [2.24, 2.45) is 5.73 Å². The molecule has 4 N–H and O–H groups in total. The fourth-order valence-electron chi connectivity index (χ4n) is 1.48. The van der Waals surface area contributed by atoms with Crippen molar-refractivity contribution in [1.82, 2.24) is 15.5 Å². The number of aromatic amines is 1. The number of thiophene rings is 1. The molecule has 2 rings (SSSR count). The first kappa shape index (κ1) is 11.8. The maximum atomic E-state index is 11.9. The molecule has 0 saturated heterocycles. The van der Waals surface area contributed by atoms with Crippen LogP contribution in [0.5, 0.6) is 0 Å². The maximum absolute atomic E-state index is 11.9. The monoisotopic (exact) mass is 250 g/mol. The maximum Gasteiger partial charge on any atom is 0.242 e. The highest BCUT2D eigenvalue weighted by molar-refractivity contribution is 7.10. The SMILES string of the molecule is CC(NC(=O)C(N)c1cccs1)c1cn[nH]c1. The lowest BCUT2D eigenvalue weighted by Gasteiger charge is -2.15. The summed E-state index contributed by atoms with van der Waals surface area (Å²) in [6, 6.07) is 3.03. The highest BCUT2D eigenvalue weighted by Crippen LogP contribution is 2.18. The zero-order valence-corrected chi connectivity index (χ0v) is 10.2. The number of amides is 1. The van der Waals surface area contributed by atoms with Gasteiger partial charge in [0.25, 0.3) is 0 Å². The molecule has 90 valence electrons. The van der Waals surface area contributed by atoms with Crippen molar-refractivity contribution in [1.29, 1.82) is 0 Å². The van der Waals surface area contributed by atoms with Gasteiger partial charge < -0.3 is 11.1 Å². The molecule has 0 aromatic carbocycles. The Balaban J connectivity index is 1.98. The standard InChI is InChI=1S/C11H14N4OS/c1-7(8-5-13-14-6-8)15-11(16)10(12)9-3-2-4-17-9/h2-7,10H,12H2,1H3,(H,13,14)(H,15,16). The van der Waals surface area contributed by atoms with Crippen LogP contribution in [0.15, 0.2) is 29.9 Å². The molecule has 1 amide bonds. The first-order chi connectivity index (χ1) is 8.18. The van der Waals surface area contributed by atoms with Crippen LogP contribution in [0.3, 0.4) is 0 Å². The average Bonchev–Trinajstić information content (AvgIpc) is 3.00. The van der Waals surface area contributed by atoms with Crippen molar-refractivity contribution in [2.75, 3.05) is 0 Å². The van der Waals surface area contributed by atoms with Crippen LogP contribution >= 0.6 is 11.3 Å². The van der Waals surface area contributed by atoms with Crippen molar-refractivity contribution in [3.8, 4) is 0 Å². The van der Waals surface area contributed by atoms with Gasteiger partial charge in [-0.05, 0) is 18.4 Å². The number of carbonyl (C=O) groups is 1. The Morgan fingerprint density at radius 3 is 3.06 bits per heavy atom. The molecule has 0 aliphatic carbocycles. The smallest absolute Gasteiger partial charge is 0.242 e. The van der Waals surface area contributed by atoms with Crippen molar-refractivity contribution < 1.29 is 4.79 Å². The topological polar surface area (TPSA) is 83.8 Å². The zero-order valence-electron chi connectivity index (χ0n) is 9.38. The molecule has 17 heavy (non-hydrogen) atoms. The number of hydrogen-bond donors (Lipinski definition) is 3. The summed E-state index contributed by atoms with van der Waals surface area (Å²) in [6.07, 6.45) is 3.43. The number of hydrogen-bond acceptors (Lipinski definition) is 4. The summed E-state index contributed by atoms with van der Waals surface area (Å²) < 4.78 is 0. The summed E-state index contributed by atoms with van der Waals surface area (Å²) in [5, 5.41) is 11.3. The summed E-state index contributed by atoms with van der Waals surface area (Å²) >= 11 is 1.48. The van der Waals surface area contributed by atoms with Crippen LogP contribution in [0.1, 0.15) is 29.4 Å². The van der Waals surface area contributed by atoms with E-state index in [-0.39, 0.29) is 11.9 Å². The lowest BCUT2D eigenvalue weighted by atomic mass is 10.1. The number of nitrogens with one attached hydrogen (secondary N) is 2. The number of carbonyl (C=O) groups excluding carboxylic acids is 1. The molecule has 0 bridgehead atoms. The molecule has 0 spiro atoms. The molecule has 0 aliphatic rings. The van der Waals surface area contributed by atoms with Crippen LogP contribution in [0.2, 0.25) is 0 Å². The number of nitrogens with zero attached hydrogens (tertiary/aromatic N) is 1. The van der Waals surface area contributed by atoms with E-state index in [9.17, 15) is 4.79 Å². The molecular weight excluding hydrogens is 236 g/mol. The summed E-state index contributed by atoms with van der Waals surface area (Å²) in [5.74, 6) is -0.179. The van der Waals surface area contributed by atoms with E-state index in [1.165, 1.54) is 11.3 Å². The Bertz CT molecular complexity index is 466. The van der Waals surface area contributed by atoms with Crippen LogP contribution in [-0.4, -0.2) is 16.1 Å². The molecule has 2 heterocycles. The van der Waals surface area contributed by atoms with Gasteiger partial charge in [-0.3, -0.25) is 9.89 Å². The van der Waals surface area contributed by atoms with E-state index in [1.54, 1.807) is 12.4 Å². The molecule has 0 aliphatic heterocycles. The first-order valence-electron chi connectivity index (χ1n) is 5.26. The van der Waals surface area contributed by atoms with Crippen LogP contribution in [-0.2, 0) is 4.79 Å². The third kappa shape index (κ3) is 2.72. The number of nitrogens with two attached hydrogens (primary N) is 1. The average molecular weight is 250 g/mol. The fourth-order valence-corrected chi connectivity index (χ4v) is 2.21. The number of H-pyrrole nitrogens is 1. The first-order valence-corrected chi connectivity index (χ1v) is 6.14. The Kier molecular flexibility index (Phi) is 3.55. The number of aromatic nitrogens is 2. The Labute approximate surface area is 103 Å². The number of rotatable bonds is 4. The second kappa shape index (κ2) is 5.11.